The van der Waals surface area contributed by atoms with Crippen molar-refractivity contribution >= 4 is 28.5 Å². The van der Waals surface area contributed by atoms with Crippen LogP contribution in [0.1, 0.15) is 18.7 Å². The van der Waals surface area contributed by atoms with Gasteiger partial charge in [-0.05, 0) is 30.7 Å². The van der Waals surface area contributed by atoms with Crippen LogP contribution in [0.15, 0.2) is 48.5 Å². The number of carbonyl (C=O) groups is 2. The molecule has 0 unspecified atom stereocenters. The van der Waals surface area contributed by atoms with Crippen LogP contribution >= 0.6 is 0 Å². The molecule has 4 rings (SSSR count). The van der Waals surface area contributed by atoms with E-state index in [4.69, 9.17) is 4.74 Å². The van der Waals surface area contributed by atoms with Crippen molar-refractivity contribution in [2.24, 2.45) is 0 Å². The molecule has 138 valence electrons. The predicted octanol–water partition coefficient (Wildman–Crippen LogP) is 2.38. The standard InChI is InChI=1S/C20H20N4O3/c25-19(21-12-18-22-16-7-1-2-8-17(16)23-18)13-27-15-6-3-5-14(11-15)24-10-4-9-20(24)26/h1-3,5-8,11H,4,9-10,12-13H2,(H,21,25)(H,22,23). The third kappa shape index (κ3) is 3.92. The minimum Gasteiger partial charge on any atom is -0.484 e. The molecule has 3 aromatic rings. The second-order valence-corrected chi connectivity index (χ2v) is 6.41. The van der Waals surface area contributed by atoms with Crippen molar-refractivity contribution in [2.45, 2.75) is 19.4 Å². The van der Waals surface area contributed by atoms with Crippen molar-refractivity contribution in [3.8, 4) is 5.75 Å². The number of imidazole rings is 1. The molecule has 0 radical (unpaired) electrons. The predicted molar refractivity (Wildman–Crippen MR) is 101 cm³/mol. The maximum Gasteiger partial charge on any atom is 0.258 e. The number of nitrogens with one attached hydrogen (secondary N) is 2. The van der Waals surface area contributed by atoms with E-state index in [0.717, 1.165) is 29.7 Å². The summed E-state index contributed by atoms with van der Waals surface area (Å²) in [5.41, 5.74) is 2.61. The van der Waals surface area contributed by atoms with Crippen LogP contribution < -0.4 is 15.0 Å². The van der Waals surface area contributed by atoms with E-state index in [0.29, 0.717) is 24.5 Å². The van der Waals surface area contributed by atoms with Gasteiger partial charge in [0.1, 0.15) is 11.6 Å². The summed E-state index contributed by atoms with van der Waals surface area (Å²) >= 11 is 0. The maximum absolute atomic E-state index is 12.1. The van der Waals surface area contributed by atoms with Gasteiger partial charge in [-0.2, -0.15) is 0 Å². The molecule has 0 saturated carbocycles. The topological polar surface area (TPSA) is 87.3 Å². The highest BCUT2D eigenvalue weighted by atomic mass is 16.5. The first-order valence-corrected chi connectivity index (χ1v) is 8.92. The van der Waals surface area contributed by atoms with E-state index < -0.39 is 0 Å². The first kappa shape index (κ1) is 17.1. The molecule has 7 nitrogen and oxygen atoms in total. The number of fused-ring (bicyclic) bond motifs is 1. The van der Waals surface area contributed by atoms with Gasteiger partial charge in [0.25, 0.3) is 5.91 Å². The fourth-order valence-electron chi connectivity index (χ4n) is 3.13. The Labute approximate surface area is 156 Å². The van der Waals surface area contributed by atoms with Gasteiger partial charge in [-0.1, -0.05) is 18.2 Å². The molecule has 0 aliphatic carbocycles. The lowest BCUT2D eigenvalue weighted by molar-refractivity contribution is -0.123. The number of benzene rings is 2. The van der Waals surface area contributed by atoms with Crippen LogP contribution in [0.2, 0.25) is 0 Å². The Hall–Kier alpha value is -3.35. The van der Waals surface area contributed by atoms with Crippen LogP contribution in [-0.4, -0.2) is 34.9 Å². The zero-order valence-corrected chi connectivity index (χ0v) is 14.8. The Morgan fingerprint density at radius 2 is 2.11 bits per heavy atom. The average Bonchev–Trinajstić information content (AvgIpc) is 3.30. The highest BCUT2D eigenvalue weighted by Gasteiger charge is 2.21. The van der Waals surface area contributed by atoms with E-state index in [1.165, 1.54) is 0 Å². The second kappa shape index (κ2) is 7.49. The van der Waals surface area contributed by atoms with Crippen molar-refractivity contribution in [1.82, 2.24) is 15.3 Å². The molecular weight excluding hydrogens is 344 g/mol. The largest absolute Gasteiger partial charge is 0.484 e. The second-order valence-electron chi connectivity index (χ2n) is 6.41. The number of para-hydroxylation sites is 2. The number of rotatable bonds is 6. The van der Waals surface area contributed by atoms with Gasteiger partial charge in [-0.15, -0.1) is 0 Å². The number of ether oxygens (including phenoxy) is 1. The molecular formula is C20H20N4O3. The van der Waals surface area contributed by atoms with Crippen LogP contribution in [0.4, 0.5) is 5.69 Å². The summed E-state index contributed by atoms with van der Waals surface area (Å²) in [6.45, 7) is 0.928. The van der Waals surface area contributed by atoms with Crippen LogP contribution in [0, 0.1) is 0 Å². The van der Waals surface area contributed by atoms with E-state index >= 15 is 0 Å². The maximum atomic E-state index is 12.1. The molecule has 2 aromatic carbocycles. The number of aromatic nitrogens is 2. The summed E-state index contributed by atoms with van der Waals surface area (Å²) in [4.78, 5) is 33.2. The Balaban J connectivity index is 1.30. The monoisotopic (exact) mass is 364 g/mol. The van der Waals surface area contributed by atoms with Gasteiger partial charge in [-0.3, -0.25) is 9.59 Å². The van der Waals surface area contributed by atoms with E-state index in [-0.39, 0.29) is 18.4 Å². The SMILES string of the molecule is O=C(COc1cccc(N2CCCC2=O)c1)NCc1nc2ccccc2[nH]1. The highest BCUT2D eigenvalue weighted by Crippen LogP contribution is 2.25. The molecule has 2 N–H and O–H groups in total. The Morgan fingerprint density at radius 1 is 1.22 bits per heavy atom. The van der Waals surface area contributed by atoms with Gasteiger partial charge >= 0.3 is 0 Å². The lowest BCUT2D eigenvalue weighted by Crippen LogP contribution is -2.29. The van der Waals surface area contributed by atoms with Crippen molar-refractivity contribution in [1.29, 1.82) is 0 Å². The summed E-state index contributed by atoms with van der Waals surface area (Å²) in [6, 6.07) is 15.0. The summed E-state index contributed by atoms with van der Waals surface area (Å²) in [7, 11) is 0. The number of nitrogens with zero attached hydrogens (tertiary/aromatic N) is 2. The Morgan fingerprint density at radius 3 is 2.93 bits per heavy atom. The van der Waals surface area contributed by atoms with Gasteiger partial charge in [0.2, 0.25) is 5.91 Å². The molecule has 1 fully saturated rings. The van der Waals surface area contributed by atoms with E-state index in [2.05, 4.69) is 15.3 Å². The zero-order valence-electron chi connectivity index (χ0n) is 14.8. The fourth-order valence-corrected chi connectivity index (χ4v) is 3.13. The van der Waals surface area contributed by atoms with Crippen molar-refractivity contribution in [3.05, 3.63) is 54.4 Å². The molecule has 0 atom stereocenters. The van der Waals surface area contributed by atoms with E-state index in [9.17, 15) is 9.59 Å². The van der Waals surface area contributed by atoms with Gasteiger partial charge in [0.05, 0.1) is 17.6 Å². The third-order valence-corrected chi connectivity index (χ3v) is 4.46. The van der Waals surface area contributed by atoms with Crippen LogP contribution in [0.5, 0.6) is 5.75 Å². The smallest absolute Gasteiger partial charge is 0.258 e. The average molecular weight is 364 g/mol. The first-order chi connectivity index (χ1) is 13.2. The summed E-state index contributed by atoms with van der Waals surface area (Å²) in [6.07, 6.45) is 1.45. The molecule has 1 aliphatic rings. The van der Waals surface area contributed by atoms with Gasteiger partial charge in [-0.25, -0.2) is 4.98 Å². The fraction of sp³-hybridized carbons (Fsp3) is 0.250. The number of hydrogen-bond acceptors (Lipinski definition) is 4. The third-order valence-electron chi connectivity index (χ3n) is 4.46. The highest BCUT2D eigenvalue weighted by molar-refractivity contribution is 5.95. The lowest BCUT2D eigenvalue weighted by atomic mass is 10.3. The minimum atomic E-state index is -0.238. The number of amides is 2. The lowest BCUT2D eigenvalue weighted by Gasteiger charge is -2.16. The van der Waals surface area contributed by atoms with Crippen molar-refractivity contribution < 1.29 is 14.3 Å². The van der Waals surface area contributed by atoms with E-state index in [1.807, 2.05) is 36.4 Å². The van der Waals surface area contributed by atoms with Gasteiger partial charge in [0, 0.05) is 24.7 Å². The van der Waals surface area contributed by atoms with E-state index in [1.54, 1.807) is 17.0 Å². The Bertz CT molecular complexity index is 949. The number of carbonyl (C=O) groups excluding carboxylic acids is 2. The number of hydrogen-bond donors (Lipinski definition) is 2. The summed E-state index contributed by atoms with van der Waals surface area (Å²) in [5.74, 6) is 1.14. The molecule has 1 aromatic heterocycles. The Kier molecular flexibility index (Phi) is 4.74. The van der Waals surface area contributed by atoms with Crippen molar-refractivity contribution in [2.75, 3.05) is 18.1 Å². The zero-order chi connectivity index (χ0) is 18.6. The summed E-state index contributed by atoms with van der Waals surface area (Å²) < 4.78 is 5.57. The van der Waals surface area contributed by atoms with Crippen LogP contribution in [0.3, 0.4) is 0 Å². The van der Waals surface area contributed by atoms with Crippen LogP contribution in [0.25, 0.3) is 11.0 Å². The number of anilines is 1. The molecule has 1 aliphatic heterocycles. The van der Waals surface area contributed by atoms with Crippen LogP contribution in [-0.2, 0) is 16.1 Å². The molecule has 2 heterocycles. The number of H-pyrrole nitrogens is 1. The molecule has 0 bridgehead atoms. The van der Waals surface area contributed by atoms with Gasteiger partial charge < -0.3 is 19.9 Å². The van der Waals surface area contributed by atoms with Gasteiger partial charge in [0.15, 0.2) is 6.61 Å². The molecule has 2 amide bonds. The molecule has 27 heavy (non-hydrogen) atoms. The molecule has 0 spiro atoms. The molecule has 7 heteroatoms. The quantitative estimate of drug-likeness (QED) is 0.703. The summed E-state index contributed by atoms with van der Waals surface area (Å²) in [5, 5.41) is 2.78. The normalized spacial score (nSPS) is 13.9. The molecule has 1 saturated heterocycles. The first-order valence-electron chi connectivity index (χ1n) is 8.92. The number of aromatic amines is 1. The minimum absolute atomic E-state index is 0.0996. The van der Waals surface area contributed by atoms with Crippen molar-refractivity contribution in [3.63, 3.8) is 0 Å².